The van der Waals surface area contributed by atoms with E-state index in [2.05, 4.69) is 31.0 Å². The maximum atomic E-state index is 12.3. The lowest BCUT2D eigenvalue weighted by atomic mass is 9.60. The molecule has 1 amide bonds. The van der Waals surface area contributed by atoms with E-state index in [4.69, 9.17) is 0 Å². The van der Waals surface area contributed by atoms with Gasteiger partial charge in [0.1, 0.15) is 0 Å². The van der Waals surface area contributed by atoms with Gasteiger partial charge in [0.2, 0.25) is 5.91 Å². The molecule has 2 aliphatic heterocycles. The first-order chi connectivity index (χ1) is 8.47. The van der Waals surface area contributed by atoms with Gasteiger partial charge in [-0.3, -0.25) is 9.69 Å². The summed E-state index contributed by atoms with van der Waals surface area (Å²) in [6.45, 7) is 9.08. The Morgan fingerprint density at radius 2 is 1.83 bits per heavy atom. The highest BCUT2D eigenvalue weighted by Gasteiger charge is 2.62. The maximum Gasteiger partial charge on any atom is 0.226 e. The van der Waals surface area contributed by atoms with Crippen LogP contribution in [0.3, 0.4) is 0 Å². The van der Waals surface area contributed by atoms with Gasteiger partial charge in [-0.1, -0.05) is 27.2 Å². The standard InChI is InChI=1S/C15H26N2O/c1-14(2)13(18)16-11-7-8-15(14,3)12(11)17-9-5-4-6-10-17/h11-12H,4-10H2,1-3H3,(H,16,18). The van der Waals surface area contributed by atoms with Gasteiger partial charge in [-0.15, -0.1) is 0 Å². The minimum absolute atomic E-state index is 0.150. The third-order valence-electron chi connectivity index (χ3n) is 6.10. The summed E-state index contributed by atoms with van der Waals surface area (Å²) in [7, 11) is 0. The van der Waals surface area contributed by atoms with Crippen LogP contribution in [-0.2, 0) is 4.79 Å². The zero-order valence-corrected chi connectivity index (χ0v) is 12.0. The zero-order valence-electron chi connectivity index (χ0n) is 12.0. The molecule has 2 saturated heterocycles. The van der Waals surface area contributed by atoms with Crippen LogP contribution in [-0.4, -0.2) is 36.0 Å². The Labute approximate surface area is 110 Å². The highest BCUT2D eigenvalue weighted by atomic mass is 16.2. The smallest absolute Gasteiger partial charge is 0.226 e. The van der Waals surface area contributed by atoms with E-state index >= 15 is 0 Å². The first-order valence-corrected chi connectivity index (χ1v) is 7.52. The van der Waals surface area contributed by atoms with Crippen LogP contribution >= 0.6 is 0 Å². The number of carbonyl (C=O) groups excluding carboxylic acids is 1. The minimum atomic E-state index is -0.234. The Balaban J connectivity index is 1.93. The van der Waals surface area contributed by atoms with E-state index in [0.29, 0.717) is 12.1 Å². The fraction of sp³-hybridized carbons (Fsp3) is 0.933. The molecule has 1 aliphatic carbocycles. The number of carbonyl (C=O) groups is 1. The molecule has 0 aromatic carbocycles. The molecular weight excluding hydrogens is 224 g/mol. The fourth-order valence-electron chi connectivity index (χ4n) is 4.50. The molecule has 3 heteroatoms. The Bertz CT molecular complexity index is 360. The molecule has 18 heavy (non-hydrogen) atoms. The topological polar surface area (TPSA) is 32.3 Å². The van der Waals surface area contributed by atoms with Crippen molar-refractivity contribution in [3.05, 3.63) is 0 Å². The molecule has 102 valence electrons. The molecule has 3 aliphatic rings. The molecule has 1 N–H and O–H groups in total. The van der Waals surface area contributed by atoms with Gasteiger partial charge < -0.3 is 5.32 Å². The number of nitrogens with zero attached hydrogens (tertiary/aromatic N) is 1. The first kappa shape index (κ1) is 12.5. The van der Waals surface area contributed by atoms with E-state index in [-0.39, 0.29) is 16.7 Å². The number of nitrogens with one attached hydrogen (secondary N) is 1. The zero-order chi connectivity index (χ0) is 13.0. The van der Waals surface area contributed by atoms with Crippen LogP contribution in [0.2, 0.25) is 0 Å². The molecule has 0 radical (unpaired) electrons. The van der Waals surface area contributed by atoms with Gasteiger partial charge in [-0.2, -0.15) is 0 Å². The Kier molecular flexibility index (Phi) is 2.74. The monoisotopic (exact) mass is 250 g/mol. The second kappa shape index (κ2) is 3.96. The minimum Gasteiger partial charge on any atom is -0.351 e. The van der Waals surface area contributed by atoms with Crippen molar-refractivity contribution < 1.29 is 4.79 Å². The van der Waals surface area contributed by atoms with Gasteiger partial charge in [-0.05, 0) is 44.2 Å². The van der Waals surface area contributed by atoms with Crippen molar-refractivity contribution in [2.24, 2.45) is 10.8 Å². The van der Waals surface area contributed by atoms with Gasteiger partial charge in [0.25, 0.3) is 0 Å². The number of amides is 1. The molecule has 1 saturated carbocycles. The third kappa shape index (κ3) is 1.49. The quantitative estimate of drug-likeness (QED) is 0.773. The lowest BCUT2D eigenvalue weighted by molar-refractivity contribution is -0.146. The first-order valence-electron chi connectivity index (χ1n) is 7.52. The van der Waals surface area contributed by atoms with Crippen molar-refractivity contribution in [2.75, 3.05) is 13.1 Å². The highest BCUT2D eigenvalue weighted by Crippen LogP contribution is 2.56. The van der Waals surface area contributed by atoms with Gasteiger partial charge in [-0.25, -0.2) is 0 Å². The third-order valence-corrected chi connectivity index (χ3v) is 6.10. The van der Waals surface area contributed by atoms with E-state index in [9.17, 15) is 4.79 Å². The highest BCUT2D eigenvalue weighted by molar-refractivity contribution is 5.85. The van der Waals surface area contributed by atoms with Crippen molar-refractivity contribution in [1.29, 1.82) is 0 Å². The van der Waals surface area contributed by atoms with Crippen molar-refractivity contribution in [2.45, 2.75) is 65.0 Å². The summed E-state index contributed by atoms with van der Waals surface area (Å²) >= 11 is 0. The van der Waals surface area contributed by atoms with Crippen LogP contribution in [0.1, 0.15) is 52.9 Å². The molecule has 0 spiro atoms. The normalized spacial score (nSPS) is 43.8. The SMILES string of the molecule is CC1(C)C(=O)NC2CCC1(C)C2N1CCCCC1. The van der Waals surface area contributed by atoms with Crippen LogP contribution in [0.5, 0.6) is 0 Å². The summed E-state index contributed by atoms with van der Waals surface area (Å²) in [5.41, 5.74) is -0.0839. The van der Waals surface area contributed by atoms with Gasteiger partial charge in [0.05, 0.1) is 5.41 Å². The predicted octanol–water partition coefficient (Wildman–Crippen LogP) is 2.17. The average Bonchev–Trinajstić information content (AvgIpc) is 2.65. The molecule has 0 aromatic heterocycles. The van der Waals surface area contributed by atoms with Gasteiger partial charge >= 0.3 is 0 Å². The summed E-state index contributed by atoms with van der Waals surface area (Å²) in [5.74, 6) is 0.265. The Morgan fingerprint density at radius 3 is 2.50 bits per heavy atom. The van der Waals surface area contributed by atoms with E-state index in [1.165, 1.54) is 38.8 Å². The summed E-state index contributed by atoms with van der Waals surface area (Å²) in [6, 6.07) is 0.958. The van der Waals surface area contributed by atoms with Crippen molar-refractivity contribution in [3.63, 3.8) is 0 Å². The largest absolute Gasteiger partial charge is 0.351 e. The van der Waals surface area contributed by atoms with Crippen molar-refractivity contribution in [3.8, 4) is 0 Å². The van der Waals surface area contributed by atoms with Crippen LogP contribution < -0.4 is 5.32 Å². The van der Waals surface area contributed by atoms with E-state index in [1.807, 2.05) is 0 Å². The van der Waals surface area contributed by atoms with Crippen LogP contribution in [0.15, 0.2) is 0 Å². The molecule has 0 aromatic rings. The molecular formula is C15H26N2O. The van der Waals surface area contributed by atoms with Crippen molar-refractivity contribution in [1.82, 2.24) is 10.2 Å². The second-order valence-electron chi connectivity index (χ2n) is 7.20. The number of likely N-dealkylation sites (tertiary alicyclic amines) is 1. The summed E-state index contributed by atoms with van der Waals surface area (Å²) in [4.78, 5) is 14.9. The van der Waals surface area contributed by atoms with Gasteiger partial charge in [0.15, 0.2) is 0 Å². The molecule has 3 rings (SSSR count). The van der Waals surface area contributed by atoms with E-state index in [0.717, 1.165) is 6.42 Å². The van der Waals surface area contributed by atoms with E-state index < -0.39 is 0 Å². The molecule has 3 fully saturated rings. The molecule has 2 heterocycles. The fourth-order valence-corrected chi connectivity index (χ4v) is 4.50. The number of rotatable bonds is 1. The summed E-state index contributed by atoms with van der Waals surface area (Å²) in [6.07, 6.45) is 6.37. The van der Waals surface area contributed by atoms with Crippen LogP contribution in [0.4, 0.5) is 0 Å². The maximum absolute atomic E-state index is 12.3. The molecule has 3 atom stereocenters. The van der Waals surface area contributed by atoms with E-state index in [1.54, 1.807) is 0 Å². The van der Waals surface area contributed by atoms with Crippen LogP contribution in [0, 0.1) is 10.8 Å². The average molecular weight is 250 g/mol. The summed E-state index contributed by atoms with van der Waals surface area (Å²) < 4.78 is 0. The number of piperidine rings is 2. The lowest BCUT2D eigenvalue weighted by Gasteiger charge is -2.54. The number of fused-ring (bicyclic) bond motifs is 2. The predicted molar refractivity (Wildman–Crippen MR) is 72.3 cm³/mol. The van der Waals surface area contributed by atoms with Crippen molar-refractivity contribution >= 4 is 5.91 Å². The Hall–Kier alpha value is -0.570. The summed E-state index contributed by atoms with van der Waals surface area (Å²) in [5, 5.41) is 3.29. The molecule has 2 bridgehead atoms. The molecule has 3 nitrogen and oxygen atoms in total. The van der Waals surface area contributed by atoms with Gasteiger partial charge in [0, 0.05) is 12.1 Å². The second-order valence-corrected chi connectivity index (χ2v) is 7.20. The molecule has 3 unspecified atom stereocenters. The number of hydrogen-bond donors (Lipinski definition) is 1. The Morgan fingerprint density at radius 1 is 1.17 bits per heavy atom. The lowest BCUT2D eigenvalue weighted by Crippen LogP contribution is -2.67. The van der Waals surface area contributed by atoms with Crippen LogP contribution in [0.25, 0.3) is 0 Å². The number of hydrogen-bond acceptors (Lipinski definition) is 2.